The van der Waals surface area contributed by atoms with E-state index in [1.165, 1.54) is 0 Å². The van der Waals surface area contributed by atoms with Crippen molar-refractivity contribution in [3.05, 3.63) is 0 Å². The third-order valence-electron chi connectivity index (χ3n) is 2.44. The summed E-state index contributed by atoms with van der Waals surface area (Å²) in [5, 5.41) is 5.16. The highest BCUT2D eigenvalue weighted by atomic mass is 16.2. The van der Waals surface area contributed by atoms with Gasteiger partial charge in [0, 0.05) is 13.0 Å². The zero-order valence-electron chi connectivity index (χ0n) is 8.26. The second kappa shape index (κ2) is 3.77. The van der Waals surface area contributed by atoms with Gasteiger partial charge in [0.2, 0.25) is 11.8 Å². The van der Waals surface area contributed by atoms with Crippen molar-refractivity contribution in [2.45, 2.75) is 26.3 Å². The average molecular weight is 184 g/mol. The maximum Gasteiger partial charge on any atom is 0.242 e. The van der Waals surface area contributed by atoms with Crippen LogP contribution in [0.5, 0.6) is 0 Å². The Labute approximate surface area is 78.1 Å². The highest BCUT2D eigenvalue weighted by Gasteiger charge is 2.39. The Morgan fingerprint density at radius 3 is 2.38 bits per heavy atom. The summed E-state index contributed by atoms with van der Waals surface area (Å²) in [6.45, 7) is 3.72. The molecule has 4 heteroatoms. The van der Waals surface area contributed by atoms with Crippen molar-refractivity contribution in [2.75, 3.05) is 7.05 Å². The van der Waals surface area contributed by atoms with Gasteiger partial charge in [-0.1, -0.05) is 6.92 Å². The Morgan fingerprint density at radius 2 is 2.00 bits per heavy atom. The minimum Gasteiger partial charge on any atom is -0.357 e. The highest BCUT2D eigenvalue weighted by Crippen LogP contribution is 2.37. The van der Waals surface area contributed by atoms with Crippen molar-refractivity contribution < 1.29 is 9.59 Å². The first-order valence-electron chi connectivity index (χ1n) is 4.58. The van der Waals surface area contributed by atoms with Crippen LogP contribution in [0.4, 0.5) is 0 Å². The minimum absolute atomic E-state index is 0.00333. The van der Waals surface area contributed by atoms with Gasteiger partial charge >= 0.3 is 0 Å². The molecule has 1 rings (SSSR count). The van der Waals surface area contributed by atoms with Gasteiger partial charge < -0.3 is 10.6 Å². The zero-order chi connectivity index (χ0) is 10.0. The van der Waals surface area contributed by atoms with E-state index in [4.69, 9.17) is 0 Å². The lowest BCUT2D eigenvalue weighted by molar-refractivity contribution is -0.129. The summed E-state index contributed by atoms with van der Waals surface area (Å²) < 4.78 is 0. The van der Waals surface area contributed by atoms with Gasteiger partial charge in [-0.25, -0.2) is 0 Å². The van der Waals surface area contributed by atoms with E-state index < -0.39 is 6.04 Å². The first-order chi connectivity index (χ1) is 6.06. The lowest BCUT2D eigenvalue weighted by atomic mass is 10.2. The van der Waals surface area contributed by atoms with E-state index in [0.717, 1.165) is 6.42 Å². The summed E-state index contributed by atoms with van der Waals surface area (Å²) in [5.74, 6) is 0.467. The number of likely N-dealkylation sites (N-methyl/N-ethyl adjacent to an activating group) is 1. The molecule has 0 unspecified atom stereocenters. The van der Waals surface area contributed by atoms with Crippen LogP contribution >= 0.6 is 0 Å². The average Bonchev–Trinajstić information content (AvgIpc) is 2.81. The Bertz CT molecular complexity index is 228. The third-order valence-corrected chi connectivity index (χ3v) is 2.44. The van der Waals surface area contributed by atoms with Crippen molar-refractivity contribution >= 4 is 11.8 Å². The van der Waals surface area contributed by atoms with Crippen LogP contribution in [0.1, 0.15) is 20.3 Å². The number of hydrogen-bond donors (Lipinski definition) is 2. The van der Waals surface area contributed by atoms with Crippen molar-refractivity contribution in [3.8, 4) is 0 Å². The van der Waals surface area contributed by atoms with Gasteiger partial charge in [-0.3, -0.25) is 9.59 Å². The third kappa shape index (κ3) is 2.44. The van der Waals surface area contributed by atoms with Crippen molar-refractivity contribution in [1.82, 2.24) is 10.6 Å². The molecule has 0 aromatic heterocycles. The summed E-state index contributed by atoms with van der Waals surface area (Å²) in [5.41, 5.74) is 0. The molecule has 0 saturated heterocycles. The number of rotatable bonds is 3. The summed E-state index contributed by atoms with van der Waals surface area (Å²) in [6.07, 6.45) is 0.951. The van der Waals surface area contributed by atoms with E-state index in [0.29, 0.717) is 5.92 Å². The molecular formula is C9H16N2O2. The van der Waals surface area contributed by atoms with Crippen LogP contribution in [-0.2, 0) is 9.59 Å². The molecule has 2 amide bonds. The quantitative estimate of drug-likeness (QED) is 0.643. The largest absolute Gasteiger partial charge is 0.357 e. The Morgan fingerprint density at radius 1 is 1.46 bits per heavy atom. The van der Waals surface area contributed by atoms with Gasteiger partial charge in [0.15, 0.2) is 0 Å². The number of carbonyl (C=O) groups is 2. The second-order valence-corrected chi connectivity index (χ2v) is 3.66. The molecule has 0 bridgehead atoms. The molecule has 1 fully saturated rings. The maximum atomic E-state index is 11.4. The van der Waals surface area contributed by atoms with Gasteiger partial charge in [-0.05, 0) is 19.3 Å². The van der Waals surface area contributed by atoms with E-state index in [-0.39, 0.29) is 17.7 Å². The maximum absolute atomic E-state index is 11.4. The van der Waals surface area contributed by atoms with Crippen LogP contribution in [0.15, 0.2) is 0 Å². The van der Waals surface area contributed by atoms with Crippen LogP contribution in [0.2, 0.25) is 0 Å². The SMILES string of the molecule is CNC(=O)[C@@H](C)NC(=O)[C@@H]1C[C@H]1C. The lowest BCUT2D eigenvalue weighted by Gasteiger charge is -2.11. The summed E-state index contributed by atoms with van der Waals surface area (Å²) >= 11 is 0. The molecule has 0 aromatic carbocycles. The molecule has 0 radical (unpaired) electrons. The molecule has 0 heterocycles. The predicted molar refractivity (Wildman–Crippen MR) is 48.9 cm³/mol. The molecule has 1 saturated carbocycles. The van der Waals surface area contributed by atoms with Gasteiger partial charge in [0.25, 0.3) is 0 Å². The summed E-state index contributed by atoms with van der Waals surface area (Å²) in [7, 11) is 1.56. The van der Waals surface area contributed by atoms with Crippen LogP contribution in [0.3, 0.4) is 0 Å². The van der Waals surface area contributed by atoms with Crippen LogP contribution in [-0.4, -0.2) is 24.9 Å². The molecule has 1 aliphatic rings. The number of hydrogen-bond acceptors (Lipinski definition) is 2. The van der Waals surface area contributed by atoms with Gasteiger partial charge in [-0.2, -0.15) is 0 Å². The van der Waals surface area contributed by atoms with E-state index in [1.54, 1.807) is 14.0 Å². The molecular weight excluding hydrogens is 168 g/mol. The van der Waals surface area contributed by atoms with E-state index in [9.17, 15) is 9.59 Å². The Hall–Kier alpha value is -1.06. The fourth-order valence-corrected chi connectivity index (χ4v) is 1.29. The van der Waals surface area contributed by atoms with Crippen LogP contribution in [0.25, 0.3) is 0 Å². The molecule has 2 N–H and O–H groups in total. The van der Waals surface area contributed by atoms with Gasteiger partial charge in [-0.15, -0.1) is 0 Å². The fourth-order valence-electron chi connectivity index (χ4n) is 1.29. The first-order valence-corrected chi connectivity index (χ1v) is 4.58. The standard InChI is InChI=1S/C9H16N2O2/c1-5-4-7(5)9(13)11-6(2)8(12)10-3/h5-7H,4H2,1-3H3,(H,10,12)(H,11,13)/t5-,6-,7-/m1/s1. The summed E-state index contributed by atoms with van der Waals surface area (Å²) in [6, 6.07) is -0.426. The number of carbonyl (C=O) groups excluding carboxylic acids is 2. The van der Waals surface area contributed by atoms with E-state index in [2.05, 4.69) is 10.6 Å². The molecule has 3 atom stereocenters. The molecule has 0 aliphatic heterocycles. The predicted octanol–water partition coefficient (Wildman–Crippen LogP) is -0.107. The van der Waals surface area contributed by atoms with Gasteiger partial charge in [0.05, 0.1) is 0 Å². The normalized spacial score (nSPS) is 27.6. The molecule has 0 aromatic rings. The van der Waals surface area contributed by atoms with Crippen LogP contribution in [0, 0.1) is 11.8 Å². The topological polar surface area (TPSA) is 58.2 Å². The summed E-state index contributed by atoms with van der Waals surface area (Å²) in [4.78, 5) is 22.4. The number of amides is 2. The van der Waals surface area contributed by atoms with E-state index in [1.807, 2.05) is 6.92 Å². The Kier molecular flexibility index (Phi) is 2.90. The van der Waals surface area contributed by atoms with Crippen molar-refractivity contribution in [3.63, 3.8) is 0 Å². The van der Waals surface area contributed by atoms with Gasteiger partial charge in [0.1, 0.15) is 6.04 Å². The highest BCUT2D eigenvalue weighted by molar-refractivity contribution is 5.89. The Balaban J connectivity index is 2.31. The van der Waals surface area contributed by atoms with E-state index >= 15 is 0 Å². The molecule has 74 valence electrons. The smallest absolute Gasteiger partial charge is 0.242 e. The fraction of sp³-hybridized carbons (Fsp3) is 0.778. The first kappa shape index (κ1) is 10.0. The number of nitrogens with one attached hydrogen (secondary N) is 2. The van der Waals surface area contributed by atoms with Crippen molar-refractivity contribution in [2.24, 2.45) is 11.8 Å². The van der Waals surface area contributed by atoms with Crippen LogP contribution < -0.4 is 10.6 Å². The van der Waals surface area contributed by atoms with Crippen molar-refractivity contribution in [1.29, 1.82) is 0 Å². The monoisotopic (exact) mass is 184 g/mol. The second-order valence-electron chi connectivity index (χ2n) is 3.66. The minimum atomic E-state index is -0.426. The molecule has 0 spiro atoms. The molecule has 4 nitrogen and oxygen atoms in total. The zero-order valence-corrected chi connectivity index (χ0v) is 8.26. The lowest BCUT2D eigenvalue weighted by Crippen LogP contribution is -2.44. The molecule has 13 heavy (non-hydrogen) atoms. The molecule has 1 aliphatic carbocycles.